The molecular weight excluding hydrogens is 501 g/mol. The normalized spacial score (nSPS) is 17.1. The summed E-state index contributed by atoms with van der Waals surface area (Å²) in [5.41, 5.74) is 6.76. The van der Waals surface area contributed by atoms with Gasteiger partial charge >= 0.3 is 0 Å². The number of carbonyl (C=O) groups excluding carboxylic acids is 2. The first-order chi connectivity index (χ1) is 17.6. The summed E-state index contributed by atoms with van der Waals surface area (Å²) in [6, 6.07) is 1.11. The summed E-state index contributed by atoms with van der Waals surface area (Å²) in [5.74, 6) is 5.04. The topological polar surface area (TPSA) is 120 Å². The van der Waals surface area contributed by atoms with E-state index in [4.69, 9.17) is 22.1 Å². The molecule has 2 aromatic heterocycles. The Morgan fingerprint density at radius 2 is 2.16 bits per heavy atom. The van der Waals surface area contributed by atoms with Gasteiger partial charge in [0.2, 0.25) is 5.91 Å². The molecule has 0 spiro atoms. The second-order valence-corrected chi connectivity index (χ2v) is 9.09. The molecule has 3 aromatic rings. The van der Waals surface area contributed by atoms with Crippen molar-refractivity contribution in [2.75, 3.05) is 32.6 Å². The molecule has 1 fully saturated rings. The van der Waals surface area contributed by atoms with Gasteiger partial charge in [0.25, 0.3) is 5.91 Å². The van der Waals surface area contributed by atoms with Crippen LogP contribution in [0, 0.1) is 24.6 Å². The second-order valence-electron chi connectivity index (χ2n) is 8.71. The molecule has 0 aliphatic carbocycles. The summed E-state index contributed by atoms with van der Waals surface area (Å²) < 4.78 is 23.5. The van der Waals surface area contributed by atoms with Crippen molar-refractivity contribution in [1.82, 2.24) is 24.2 Å². The largest absolute Gasteiger partial charge is 0.383 e. The van der Waals surface area contributed by atoms with Crippen LogP contribution < -0.4 is 11.1 Å². The Labute approximate surface area is 218 Å². The van der Waals surface area contributed by atoms with Crippen molar-refractivity contribution in [3.05, 3.63) is 52.2 Å². The lowest BCUT2D eigenvalue weighted by molar-refractivity contribution is -0.127. The number of anilines is 1. The molecule has 1 aliphatic rings. The number of aryl methyl sites for hydroxylation is 2. The zero-order valence-corrected chi connectivity index (χ0v) is 21.7. The smallest absolute Gasteiger partial charge is 0.255 e. The van der Waals surface area contributed by atoms with Crippen molar-refractivity contribution >= 4 is 40.3 Å². The maximum Gasteiger partial charge on any atom is 0.255 e. The Bertz CT molecular complexity index is 1480. The first kappa shape index (κ1) is 26.2. The maximum absolute atomic E-state index is 15.0. The SMILES string of the molecule is C=CC(=O)N1C[C@@H](n2nc(C#Cc3cc4nc(C)n(C)c4c(F)c3Cl)c(C(N)=O)c2NC)C[C@@H]1COC. The molecule has 1 aromatic carbocycles. The molecule has 12 heteroatoms. The number of benzene rings is 1. The monoisotopic (exact) mass is 527 g/mol. The van der Waals surface area contributed by atoms with Crippen molar-refractivity contribution in [3.63, 3.8) is 0 Å². The van der Waals surface area contributed by atoms with E-state index in [9.17, 15) is 9.59 Å². The number of halogens is 2. The molecule has 37 heavy (non-hydrogen) atoms. The number of hydrogen-bond acceptors (Lipinski definition) is 6. The zero-order valence-electron chi connectivity index (χ0n) is 20.9. The fourth-order valence-electron chi connectivity index (χ4n) is 4.70. The Morgan fingerprint density at radius 3 is 2.78 bits per heavy atom. The molecule has 4 rings (SSSR count). The highest BCUT2D eigenvalue weighted by Gasteiger charge is 2.37. The number of fused-ring (bicyclic) bond motifs is 1. The fraction of sp³-hybridized carbons (Fsp3) is 0.360. The van der Waals surface area contributed by atoms with Crippen molar-refractivity contribution < 1.29 is 18.7 Å². The number of nitrogens with zero attached hydrogens (tertiary/aromatic N) is 5. The van der Waals surface area contributed by atoms with Gasteiger partial charge < -0.3 is 25.3 Å². The highest BCUT2D eigenvalue weighted by atomic mass is 35.5. The number of primary amides is 1. The van der Waals surface area contributed by atoms with Gasteiger partial charge in [-0.15, -0.1) is 0 Å². The zero-order chi connectivity index (χ0) is 27.0. The number of likely N-dealkylation sites (tertiary alicyclic amines) is 1. The fourth-order valence-corrected chi connectivity index (χ4v) is 4.89. The number of ether oxygens (including phenoxy) is 1. The number of imidazole rings is 1. The molecule has 194 valence electrons. The van der Waals surface area contributed by atoms with Crippen LogP contribution in [-0.2, 0) is 16.6 Å². The predicted octanol–water partition coefficient (Wildman–Crippen LogP) is 2.39. The molecule has 0 saturated carbocycles. The van der Waals surface area contributed by atoms with Crippen LogP contribution in [0.3, 0.4) is 0 Å². The highest BCUT2D eigenvalue weighted by molar-refractivity contribution is 6.32. The van der Waals surface area contributed by atoms with Crippen molar-refractivity contribution in [2.45, 2.75) is 25.4 Å². The van der Waals surface area contributed by atoms with Crippen molar-refractivity contribution in [3.8, 4) is 11.8 Å². The van der Waals surface area contributed by atoms with Crippen LogP contribution in [0.1, 0.15) is 39.9 Å². The van der Waals surface area contributed by atoms with Gasteiger partial charge in [0.1, 0.15) is 22.7 Å². The Morgan fingerprint density at radius 1 is 1.43 bits per heavy atom. The number of carbonyl (C=O) groups is 2. The van der Waals surface area contributed by atoms with Crippen LogP contribution in [0.25, 0.3) is 11.0 Å². The van der Waals surface area contributed by atoms with Gasteiger partial charge in [0.05, 0.1) is 29.2 Å². The van der Waals surface area contributed by atoms with E-state index in [2.05, 4.69) is 33.8 Å². The molecular formula is C25H27ClFN7O3. The molecule has 2 amide bonds. The van der Waals surface area contributed by atoms with Gasteiger partial charge in [-0.05, 0) is 31.4 Å². The van der Waals surface area contributed by atoms with Crippen LogP contribution in [0.4, 0.5) is 10.2 Å². The standard InChI is InChI=1S/C25H27ClFN7O3/c1-6-19(35)33-11-15(10-16(33)12-37-5)34-25(29-3)20(24(28)36)17(31-34)8-7-14-9-18-23(22(27)21(14)26)32(4)13(2)30-18/h6,9,15-16,29H,1,10-12H2,2-5H3,(H2,28,36)/t15-,16+/m0/s1. The van der Waals surface area contributed by atoms with E-state index < -0.39 is 11.7 Å². The van der Waals surface area contributed by atoms with Crippen LogP contribution in [0.5, 0.6) is 0 Å². The minimum Gasteiger partial charge on any atom is -0.383 e. The lowest BCUT2D eigenvalue weighted by atomic mass is 10.1. The van der Waals surface area contributed by atoms with Gasteiger partial charge in [0, 0.05) is 33.3 Å². The minimum atomic E-state index is -0.738. The van der Waals surface area contributed by atoms with Gasteiger partial charge in [-0.3, -0.25) is 9.59 Å². The Kier molecular flexibility index (Phi) is 7.25. The van der Waals surface area contributed by atoms with E-state index in [1.165, 1.54) is 6.08 Å². The van der Waals surface area contributed by atoms with Gasteiger partial charge in [-0.2, -0.15) is 5.10 Å². The average Bonchev–Trinajstić information content (AvgIpc) is 3.53. The summed E-state index contributed by atoms with van der Waals surface area (Å²) >= 11 is 6.29. The third-order valence-corrected chi connectivity index (χ3v) is 6.90. The minimum absolute atomic E-state index is 0.0816. The Hall–Kier alpha value is -3.88. The quantitative estimate of drug-likeness (QED) is 0.375. The van der Waals surface area contributed by atoms with E-state index in [-0.39, 0.29) is 45.4 Å². The van der Waals surface area contributed by atoms with E-state index in [1.54, 1.807) is 48.3 Å². The van der Waals surface area contributed by atoms with Gasteiger partial charge in [-0.25, -0.2) is 14.1 Å². The maximum atomic E-state index is 15.0. The van der Waals surface area contributed by atoms with Crippen LogP contribution in [0.2, 0.25) is 5.02 Å². The van der Waals surface area contributed by atoms with Gasteiger partial charge in [-0.1, -0.05) is 24.1 Å². The van der Waals surface area contributed by atoms with Crippen LogP contribution >= 0.6 is 11.6 Å². The summed E-state index contributed by atoms with van der Waals surface area (Å²) in [4.78, 5) is 30.8. The second kappa shape index (κ2) is 10.2. The molecule has 0 bridgehead atoms. The number of nitrogens with one attached hydrogen (secondary N) is 1. The summed E-state index contributed by atoms with van der Waals surface area (Å²) in [6.07, 6.45) is 1.78. The third kappa shape index (κ3) is 4.54. The molecule has 3 N–H and O–H groups in total. The molecule has 0 radical (unpaired) electrons. The summed E-state index contributed by atoms with van der Waals surface area (Å²) in [5, 5.41) is 7.38. The lowest BCUT2D eigenvalue weighted by Crippen LogP contribution is -2.37. The first-order valence-electron chi connectivity index (χ1n) is 11.5. The summed E-state index contributed by atoms with van der Waals surface area (Å²) in [6.45, 7) is 5.99. The van der Waals surface area contributed by atoms with E-state index in [0.29, 0.717) is 36.7 Å². The highest BCUT2D eigenvalue weighted by Crippen LogP contribution is 2.33. The molecule has 1 aliphatic heterocycles. The predicted molar refractivity (Wildman–Crippen MR) is 138 cm³/mol. The third-order valence-electron chi connectivity index (χ3n) is 6.53. The van der Waals surface area contributed by atoms with E-state index >= 15 is 4.39 Å². The molecule has 0 unspecified atom stereocenters. The molecule has 1 saturated heterocycles. The van der Waals surface area contributed by atoms with Crippen molar-refractivity contribution in [2.24, 2.45) is 12.8 Å². The molecule has 2 atom stereocenters. The number of hydrogen-bond donors (Lipinski definition) is 2. The van der Waals surface area contributed by atoms with E-state index in [0.717, 1.165) is 0 Å². The van der Waals surface area contributed by atoms with Crippen LogP contribution in [-0.4, -0.2) is 69.4 Å². The Balaban J connectivity index is 1.79. The molecule has 10 nitrogen and oxygen atoms in total. The van der Waals surface area contributed by atoms with Crippen molar-refractivity contribution in [1.29, 1.82) is 0 Å². The number of amides is 2. The number of aromatic nitrogens is 4. The number of methoxy groups -OCH3 is 1. The summed E-state index contributed by atoms with van der Waals surface area (Å²) in [7, 11) is 4.90. The first-order valence-corrected chi connectivity index (χ1v) is 11.9. The average molecular weight is 528 g/mol. The van der Waals surface area contributed by atoms with E-state index in [1.807, 2.05) is 0 Å². The van der Waals surface area contributed by atoms with Gasteiger partial charge in [0.15, 0.2) is 11.5 Å². The van der Waals surface area contributed by atoms with Crippen LogP contribution in [0.15, 0.2) is 18.7 Å². The number of nitrogens with two attached hydrogens (primary N) is 1. The number of rotatable bonds is 6. The lowest BCUT2D eigenvalue weighted by Gasteiger charge is -2.22. The molecule has 3 heterocycles.